The number of amides is 2. The SMILES string of the molecule is CCCCCCCCCN(CCCCCCCCC)CCN(CCCCCCCCC)CC(=O)N1CCN(C(=O)CN(CCCCCCCCC)CCCCC(=O)OCCCC)CC1. The molecule has 1 aliphatic rings. The molecule has 0 unspecified atom stereocenters. The summed E-state index contributed by atoms with van der Waals surface area (Å²) in [6.45, 7) is 22.3. The first kappa shape index (κ1) is 60.3. The minimum absolute atomic E-state index is 0.101. The molecule has 1 heterocycles. The van der Waals surface area contributed by atoms with Crippen molar-refractivity contribution in [3.63, 3.8) is 0 Å². The van der Waals surface area contributed by atoms with Gasteiger partial charge in [0.05, 0.1) is 19.7 Å². The van der Waals surface area contributed by atoms with Crippen LogP contribution >= 0.6 is 0 Å². The molecule has 2 amide bonds. The van der Waals surface area contributed by atoms with Gasteiger partial charge in [-0.2, -0.15) is 0 Å². The van der Waals surface area contributed by atoms with Crippen LogP contribution < -0.4 is 0 Å². The smallest absolute Gasteiger partial charge is 0.305 e. The predicted octanol–water partition coefficient (Wildman–Crippen LogP) is 13.1. The molecule has 9 heteroatoms. The number of rotatable bonds is 47. The molecule has 0 spiro atoms. The van der Waals surface area contributed by atoms with E-state index in [9.17, 15) is 14.4 Å². The van der Waals surface area contributed by atoms with Crippen LogP contribution in [0.1, 0.15) is 247 Å². The Morgan fingerprint density at radius 3 is 0.984 bits per heavy atom. The fourth-order valence-corrected chi connectivity index (χ4v) is 9.12. The summed E-state index contributed by atoms with van der Waals surface area (Å²) in [5.41, 5.74) is 0. The van der Waals surface area contributed by atoms with E-state index in [1.165, 1.54) is 180 Å². The molecule has 0 aromatic heterocycles. The van der Waals surface area contributed by atoms with Crippen molar-refractivity contribution in [1.29, 1.82) is 0 Å². The molecule has 0 aromatic rings. The van der Waals surface area contributed by atoms with Crippen molar-refractivity contribution in [2.75, 3.05) is 91.7 Å². The van der Waals surface area contributed by atoms with Gasteiger partial charge >= 0.3 is 5.97 Å². The highest BCUT2D eigenvalue weighted by Crippen LogP contribution is 2.14. The number of hydrogen-bond acceptors (Lipinski definition) is 7. The maximum atomic E-state index is 14.0. The van der Waals surface area contributed by atoms with Gasteiger partial charge in [0.25, 0.3) is 0 Å². The molecule has 0 radical (unpaired) electrons. The fraction of sp³-hybridized carbons (Fsp3) is 0.945. The average molecular weight is 905 g/mol. The molecule has 1 rings (SSSR count). The van der Waals surface area contributed by atoms with Gasteiger partial charge < -0.3 is 19.4 Å². The lowest BCUT2D eigenvalue weighted by Gasteiger charge is -2.37. The van der Waals surface area contributed by atoms with Crippen LogP contribution in [0.4, 0.5) is 0 Å². The zero-order valence-corrected chi connectivity index (χ0v) is 43.6. The highest BCUT2D eigenvalue weighted by Gasteiger charge is 2.26. The standard InChI is InChI=1S/C55H109N5O4/c1-6-11-16-20-24-28-33-39-56(40-34-29-25-21-17-12-7-2)44-45-58(42-36-31-27-23-19-14-9-4)52-54(62)60-48-46-59(47-49-60)53(61)51-57(41-35-30-26-22-18-13-8-3)43-37-32-38-55(63)64-50-15-10-5/h6-52H2,1-5H3. The zero-order chi connectivity index (χ0) is 46.6. The Labute approximate surface area is 398 Å². The second kappa shape index (κ2) is 45.1. The van der Waals surface area contributed by atoms with Crippen LogP contribution in [-0.4, -0.2) is 134 Å². The van der Waals surface area contributed by atoms with Crippen LogP contribution in [0.5, 0.6) is 0 Å². The van der Waals surface area contributed by atoms with E-state index in [-0.39, 0.29) is 17.8 Å². The normalized spacial score (nSPS) is 13.2. The van der Waals surface area contributed by atoms with Gasteiger partial charge in [-0.1, -0.05) is 195 Å². The molecule has 378 valence electrons. The molecule has 0 aliphatic carbocycles. The Bertz CT molecular complexity index is 1040. The van der Waals surface area contributed by atoms with Crippen LogP contribution in [0.25, 0.3) is 0 Å². The van der Waals surface area contributed by atoms with E-state index in [1.54, 1.807) is 0 Å². The van der Waals surface area contributed by atoms with Crippen molar-refractivity contribution < 1.29 is 19.1 Å². The van der Waals surface area contributed by atoms with Crippen molar-refractivity contribution in [2.45, 2.75) is 247 Å². The summed E-state index contributed by atoms with van der Waals surface area (Å²) < 4.78 is 5.37. The monoisotopic (exact) mass is 904 g/mol. The van der Waals surface area contributed by atoms with E-state index < -0.39 is 0 Å². The van der Waals surface area contributed by atoms with E-state index in [0.29, 0.717) is 52.3 Å². The quantitative estimate of drug-likeness (QED) is 0.0445. The van der Waals surface area contributed by atoms with Crippen LogP contribution in [0, 0.1) is 0 Å². The highest BCUT2D eigenvalue weighted by molar-refractivity contribution is 5.80. The second-order valence-corrected chi connectivity index (χ2v) is 19.7. The molecule has 0 atom stereocenters. The minimum Gasteiger partial charge on any atom is -0.466 e. The molecule has 0 saturated carbocycles. The number of ether oxygens (including phenoxy) is 1. The molecule has 1 aliphatic heterocycles. The number of unbranched alkanes of at least 4 members (excludes halogenated alkanes) is 26. The topological polar surface area (TPSA) is 76.6 Å². The third kappa shape index (κ3) is 35.5. The summed E-state index contributed by atoms with van der Waals surface area (Å²) in [5.74, 6) is 0.308. The Balaban J connectivity index is 2.79. The lowest BCUT2D eigenvalue weighted by molar-refractivity contribution is -0.144. The molecule has 0 N–H and O–H groups in total. The van der Waals surface area contributed by atoms with E-state index in [1.807, 2.05) is 9.80 Å². The number of carbonyl (C=O) groups excluding carboxylic acids is 3. The first-order chi connectivity index (χ1) is 31.4. The van der Waals surface area contributed by atoms with Crippen molar-refractivity contribution in [2.24, 2.45) is 0 Å². The number of piperazine rings is 1. The van der Waals surface area contributed by atoms with Gasteiger partial charge in [-0.15, -0.1) is 0 Å². The Morgan fingerprint density at radius 1 is 0.344 bits per heavy atom. The summed E-state index contributed by atoms with van der Waals surface area (Å²) in [6, 6.07) is 0. The molecular weight excluding hydrogens is 795 g/mol. The van der Waals surface area contributed by atoms with Crippen LogP contribution in [-0.2, 0) is 19.1 Å². The molecule has 1 saturated heterocycles. The molecule has 64 heavy (non-hydrogen) atoms. The maximum absolute atomic E-state index is 14.0. The Morgan fingerprint density at radius 2 is 0.625 bits per heavy atom. The molecule has 0 aromatic carbocycles. The van der Waals surface area contributed by atoms with Gasteiger partial charge in [-0.25, -0.2) is 0 Å². The molecule has 9 nitrogen and oxygen atoms in total. The van der Waals surface area contributed by atoms with E-state index in [4.69, 9.17) is 4.74 Å². The van der Waals surface area contributed by atoms with E-state index in [0.717, 1.165) is 71.2 Å². The number of esters is 1. The Hall–Kier alpha value is -1.71. The molecule has 1 fully saturated rings. The van der Waals surface area contributed by atoms with Crippen LogP contribution in [0.2, 0.25) is 0 Å². The van der Waals surface area contributed by atoms with E-state index >= 15 is 0 Å². The van der Waals surface area contributed by atoms with Gasteiger partial charge in [-0.3, -0.25) is 24.2 Å². The summed E-state index contributed by atoms with van der Waals surface area (Å²) in [6.07, 6.45) is 40.6. The van der Waals surface area contributed by atoms with Crippen molar-refractivity contribution >= 4 is 17.8 Å². The number of carbonyl (C=O) groups is 3. The zero-order valence-electron chi connectivity index (χ0n) is 43.6. The fourth-order valence-electron chi connectivity index (χ4n) is 9.12. The largest absolute Gasteiger partial charge is 0.466 e. The predicted molar refractivity (Wildman–Crippen MR) is 274 cm³/mol. The summed E-state index contributed by atoms with van der Waals surface area (Å²) in [7, 11) is 0. The van der Waals surface area contributed by atoms with Crippen LogP contribution in [0.15, 0.2) is 0 Å². The van der Waals surface area contributed by atoms with Crippen molar-refractivity contribution in [1.82, 2.24) is 24.5 Å². The third-order valence-electron chi connectivity index (χ3n) is 13.6. The van der Waals surface area contributed by atoms with Gasteiger partial charge in [0.1, 0.15) is 0 Å². The van der Waals surface area contributed by atoms with Gasteiger partial charge in [0.2, 0.25) is 11.8 Å². The second-order valence-electron chi connectivity index (χ2n) is 19.7. The molecule has 0 bridgehead atoms. The Kier molecular flexibility index (Phi) is 42.5. The van der Waals surface area contributed by atoms with Crippen LogP contribution in [0.3, 0.4) is 0 Å². The van der Waals surface area contributed by atoms with Gasteiger partial charge in [-0.05, 0) is 77.7 Å². The third-order valence-corrected chi connectivity index (χ3v) is 13.6. The number of hydrogen-bond donors (Lipinski definition) is 0. The maximum Gasteiger partial charge on any atom is 0.305 e. The summed E-state index contributed by atoms with van der Waals surface area (Å²) in [5, 5.41) is 0. The lowest BCUT2D eigenvalue weighted by Crippen LogP contribution is -2.54. The first-order valence-corrected chi connectivity index (χ1v) is 28.3. The minimum atomic E-state index is -0.101. The summed E-state index contributed by atoms with van der Waals surface area (Å²) in [4.78, 5) is 51.4. The average Bonchev–Trinajstić information content (AvgIpc) is 3.30. The van der Waals surface area contributed by atoms with Gasteiger partial charge in [0, 0.05) is 45.7 Å². The molecular formula is C55H109N5O4. The van der Waals surface area contributed by atoms with Gasteiger partial charge in [0.15, 0.2) is 0 Å². The highest BCUT2D eigenvalue weighted by atomic mass is 16.5. The first-order valence-electron chi connectivity index (χ1n) is 28.3. The lowest BCUT2D eigenvalue weighted by atomic mass is 10.1. The van der Waals surface area contributed by atoms with Crippen molar-refractivity contribution in [3.05, 3.63) is 0 Å². The summed E-state index contributed by atoms with van der Waals surface area (Å²) >= 11 is 0. The van der Waals surface area contributed by atoms with E-state index in [2.05, 4.69) is 49.3 Å². The van der Waals surface area contributed by atoms with Crippen molar-refractivity contribution in [3.8, 4) is 0 Å². The number of nitrogens with zero attached hydrogens (tertiary/aromatic N) is 5.